The molecule has 35 heavy (non-hydrogen) atoms. The van der Waals surface area contributed by atoms with Gasteiger partial charge in [-0.15, -0.1) is 0 Å². The summed E-state index contributed by atoms with van der Waals surface area (Å²) in [7, 11) is 2.15. The van der Waals surface area contributed by atoms with Crippen molar-refractivity contribution in [3.05, 3.63) is 75.5 Å². The van der Waals surface area contributed by atoms with E-state index in [1.165, 1.54) is 12.8 Å². The molecule has 0 unspecified atom stereocenters. The van der Waals surface area contributed by atoms with E-state index in [0.29, 0.717) is 18.2 Å². The number of hydrogen-bond donors (Lipinski definition) is 2. The monoisotopic (exact) mass is 497 g/mol. The second kappa shape index (κ2) is 9.53. The highest BCUT2D eigenvalue weighted by Crippen LogP contribution is 2.40. The first-order valence-corrected chi connectivity index (χ1v) is 10.6. The fourth-order valence-electron chi connectivity index (χ4n) is 4.41. The van der Waals surface area contributed by atoms with Crippen LogP contribution in [-0.2, 0) is 17.4 Å². The molecule has 2 N–H and O–H groups in total. The zero-order valence-electron chi connectivity index (χ0n) is 18.4. The van der Waals surface area contributed by atoms with Crippen LogP contribution in [0.4, 0.5) is 27.6 Å². The highest BCUT2D eigenvalue weighted by molar-refractivity contribution is 5.74. The molecule has 4 heterocycles. The lowest BCUT2D eigenvalue weighted by Crippen LogP contribution is -2.35. The van der Waals surface area contributed by atoms with Crippen molar-refractivity contribution in [3.8, 4) is 11.1 Å². The van der Waals surface area contributed by atoms with Gasteiger partial charge in [0.05, 0.1) is 17.4 Å². The zero-order valence-corrected chi connectivity index (χ0v) is 18.4. The summed E-state index contributed by atoms with van der Waals surface area (Å²) in [4.78, 5) is 26.9. The molecule has 2 aliphatic rings. The maximum atomic E-state index is 13.8. The van der Waals surface area contributed by atoms with Gasteiger partial charge >= 0.3 is 6.18 Å². The van der Waals surface area contributed by atoms with Crippen LogP contribution in [0, 0.1) is 11.6 Å². The second-order valence-electron chi connectivity index (χ2n) is 8.26. The predicted octanol–water partition coefficient (Wildman–Crippen LogP) is 4.57. The number of aromatic amines is 1. The van der Waals surface area contributed by atoms with E-state index < -0.39 is 23.5 Å². The van der Waals surface area contributed by atoms with Crippen molar-refractivity contribution < 1.29 is 29.6 Å². The van der Waals surface area contributed by atoms with Gasteiger partial charge in [-0.2, -0.15) is 18.3 Å². The predicted molar refractivity (Wildman–Crippen MR) is 121 cm³/mol. The number of nitrogens with one attached hydrogen (secondary N) is 2. The Morgan fingerprint density at radius 2 is 1.94 bits per heavy atom. The van der Waals surface area contributed by atoms with E-state index in [1.807, 2.05) is 5.32 Å². The molecule has 2 aromatic heterocycles. The number of H-pyrrole nitrogens is 1. The van der Waals surface area contributed by atoms with Crippen molar-refractivity contribution in [2.45, 2.75) is 37.5 Å². The topological polar surface area (TPSA) is 91.0 Å². The highest BCUT2D eigenvalue weighted by atomic mass is 19.4. The Morgan fingerprint density at radius 1 is 1.17 bits per heavy atom. The smallest absolute Gasteiger partial charge is 0.326 e. The number of carbonyl (C=O) groups excluding carboxylic acids is 1. The number of pyridine rings is 1. The summed E-state index contributed by atoms with van der Waals surface area (Å²) in [6.07, 6.45) is -0.247. The zero-order chi connectivity index (χ0) is 25.3. The number of hydrogen-bond acceptors (Lipinski definition) is 5. The highest BCUT2D eigenvalue weighted by Gasteiger charge is 2.38. The summed E-state index contributed by atoms with van der Waals surface area (Å²) in [5, 5.41) is 8.66. The van der Waals surface area contributed by atoms with Gasteiger partial charge in [-0.1, -0.05) is 6.07 Å². The van der Waals surface area contributed by atoms with Gasteiger partial charge < -0.3 is 5.32 Å². The molecule has 5 rings (SSSR count). The number of likely N-dealkylation sites (N-methyl/N-ethyl adjacent to an activating group) is 1. The first-order chi connectivity index (χ1) is 16.6. The van der Waals surface area contributed by atoms with Gasteiger partial charge in [0.2, 0.25) is 6.41 Å². The molecule has 188 valence electrons. The number of fused-ring (bicyclic) bond motifs is 4. The van der Waals surface area contributed by atoms with Crippen LogP contribution in [0.3, 0.4) is 0 Å². The van der Waals surface area contributed by atoms with Crippen molar-refractivity contribution in [2.75, 3.05) is 12.4 Å². The quantitative estimate of drug-likeness (QED) is 0.409. The molecule has 0 aliphatic carbocycles. The summed E-state index contributed by atoms with van der Waals surface area (Å²) in [5.41, 5.74) is 0.382. The van der Waals surface area contributed by atoms with Gasteiger partial charge in [-0.25, -0.2) is 13.9 Å². The van der Waals surface area contributed by atoms with Gasteiger partial charge in [0.15, 0.2) is 0 Å². The van der Waals surface area contributed by atoms with Gasteiger partial charge in [0, 0.05) is 38.4 Å². The molecule has 7 nitrogen and oxygen atoms in total. The van der Waals surface area contributed by atoms with Gasteiger partial charge in [-0.05, 0) is 44.0 Å². The Kier molecular flexibility index (Phi) is 6.66. The molecule has 3 aromatic rings. The average molecular weight is 497 g/mol. The van der Waals surface area contributed by atoms with E-state index in [-0.39, 0.29) is 31.6 Å². The minimum atomic E-state index is -4.61. The summed E-state index contributed by atoms with van der Waals surface area (Å²) >= 11 is 0. The lowest BCUT2D eigenvalue weighted by Gasteiger charge is -2.31. The van der Waals surface area contributed by atoms with Crippen LogP contribution < -0.4 is 10.9 Å². The molecule has 1 saturated heterocycles. The minimum Gasteiger partial charge on any atom is -0.326 e. The van der Waals surface area contributed by atoms with Crippen molar-refractivity contribution in [1.82, 2.24) is 20.1 Å². The molecule has 0 spiro atoms. The maximum absolute atomic E-state index is 13.8. The van der Waals surface area contributed by atoms with Crippen LogP contribution in [0.15, 0.2) is 41.3 Å². The first kappa shape index (κ1) is 24.5. The Balaban J connectivity index is 0.000000262. The molecule has 0 radical (unpaired) electrons. The molecule has 12 heteroatoms. The van der Waals surface area contributed by atoms with E-state index in [4.69, 9.17) is 0 Å². The molecule has 2 aliphatic heterocycles. The SMILES string of the molecule is CN1[C@H]2CC[C@@H]1c1n[nH]c(=O)cc1C2.O=CNc1cc(F)c(-c2ccc(C(F)(F)F)nc2)cc1F.[HH].[HH]. The Labute approximate surface area is 199 Å². The third-order valence-electron chi connectivity index (χ3n) is 6.17. The molecular weight excluding hydrogens is 473 g/mol. The number of nitrogens with zero attached hydrogens (tertiary/aromatic N) is 3. The summed E-state index contributed by atoms with van der Waals surface area (Å²) < 4.78 is 64.5. The number of amides is 1. The normalized spacial score (nSPS) is 18.9. The lowest BCUT2D eigenvalue weighted by atomic mass is 10.00. The third-order valence-corrected chi connectivity index (χ3v) is 6.17. The van der Waals surface area contributed by atoms with E-state index in [2.05, 4.69) is 27.1 Å². The molecule has 1 amide bonds. The molecule has 1 aromatic carbocycles. The average Bonchev–Trinajstić information content (AvgIpc) is 3.05. The van der Waals surface area contributed by atoms with Crippen molar-refractivity contribution in [3.63, 3.8) is 0 Å². The van der Waals surface area contributed by atoms with E-state index in [9.17, 15) is 31.5 Å². The molecule has 2 atom stereocenters. The first-order valence-electron chi connectivity index (χ1n) is 10.6. The van der Waals surface area contributed by atoms with Crippen LogP contribution in [0.2, 0.25) is 0 Å². The van der Waals surface area contributed by atoms with Crippen LogP contribution in [-0.4, -0.2) is 39.6 Å². The molecular formula is C23H24F5N5O2. The number of anilines is 1. The Bertz CT molecular complexity index is 1300. The van der Waals surface area contributed by atoms with Crippen LogP contribution >= 0.6 is 0 Å². The Morgan fingerprint density at radius 3 is 2.60 bits per heavy atom. The standard InChI is InChI=1S/C13H7F5N2O.C10H13N3O.2H2/c14-9-4-11(20-6-21)10(15)3-8(9)7-1-2-12(19-5-7)13(16,17)18;1-13-7-2-3-8(13)10-6(4-7)5-9(14)11-12-10;;/h1-6H,(H,20,21);5,7-8H,2-4H2,1H3,(H,11,14);2*1H/t;7-,8+;;/m.0../s1. The molecule has 0 saturated carbocycles. The minimum absolute atomic E-state index is 0. The molecule has 2 bridgehead atoms. The van der Waals surface area contributed by atoms with Gasteiger partial charge in [0.25, 0.3) is 5.56 Å². The second-order valence-corrected chi connectivity index (χ2v) is 8.26. The number of alkyl halides is 3. The largest absolute Gasteiger partial charge is 0.433 e. The lowest BCUT2D eigenvalue weighted by molar-refractivity contribution is -0.141. The van der Waals surface area contributed by atoms with Gasteiger partial charge in [-0.3, -0.25) is 19.5 Å². The van der Waals surface area contributed by atoms with Crippen molar-refractivity contribution >= 4 is 12.1 Å². The van der Waals surface area contributed by atoms with Gasteiger partial charge in [0.1, 0.15) is 17.3 Å². The van der Waals surface area contributed by atoms with Crippen LogP contribution in [0.25, 0.3) is 11.1 Å². The van der Waals surface area contributed by atoms with Crippen LogP contribution in [0.1, 0.15) is 38.7 Å². The number of rotatable bonds is 3. The molecule has 1 fully saturated rings. The Hall–Kier alpha value is -3.67. The summed E-state index contributed by atoms with van der Waals surface area (Å²) in [5.74, 6) is -1.82. The number of aromatic nitrogens is 3. The maximum Gasteiger partial charge on any atom is 0.433 e. The summed E-state index contributed by atoms with van der Waals surface area (Å²) in [6, 6.07) is 5.92. The van der Waals surface area contributed by atoms with E-state index >= 15 is 0 Å². The fourth-order valence-corrected chi connectivity index (χ4v) is 4.41. The van der Waals surface area contributed by atoms with Crippen molar-refractivity contribution in [1.29, 1.82) is 0 Å². The van der Waals surface area contributed by atoms with Crippen LogP contribution in [0.5, 0.6) is 0 Å². The fraction of sp³-hybridized carbons (Fsp3) is 0.304. The number of carbonyl (C=O) groups is 1. The van der Waals surface area contributed by atoms with E-state index in [1.54, 1.807) is 6.07 Å². The number of benzene rings is 1. The third kappa shape index (κ3) is 5.06. The number of halogens is 5. The summed E-state index contributed by atoms with van der Waals surface area (Å²) in [6.45, 7) is 0. The van der Waals surface area contributed by atoms with Crippen molar-refractivity contribution in [2.24, 2.45) is 0 Å². The van der Waals surface area contributed by atoms with E-state index in [0.717, 1.165) is 42.1 Å².